The molecule has 0 saturated carbocycles. The minimum atomic E-state index is -0.240. The van der Waals surface area contributed by atoms with E-state index in [1.165, 1.54) is 6.20 Å². The number of benzene rings is 2. The van der Waals surface area contributed by atoms with Crippen molar-refractivity contribution < 1.29 is 4.79 Å². The van der Waals surface area contributed by atoms with Gasteiger partial charge in [0.25, 0.3) is 5.91 Å². The highest BCUT2D eigenvalue weighted by Gasteiger charge is 2.28. The zero-order chi connectivity index (χ0) is 21.2. The highest BCUT2D eigenvalue weighted by molar-refractivity contribution is 6.42. The van der Waals surface area contributed by atoms with E-state index in [1.807, 2.05) is 44.4 Å². The van der Waals surface area contributed by atoms with Gasteiger partial charge in [-0.1, -0.05) is 41.4 Å². The Labute approximate surface area is 181 Å². The van der Waals surface area contributed by atoms with E-state index in [9.17, 15) is 4.79 Å². The van der Waals surface area contributed by atoms with E-state index in [4.69, 9.17) is 23.2 Å². The molecular weight excluding hydrogens is 407 g/mol. The van der Waals surface area contributed by atoms with Gasteiger partial charge in [0.2, 0.25) is 0 Å². The second-order valence-electron chi connectivity index (χ2n) is 7.86. The van der Waals surface area contributed by atoms with Gasteiger partial charge in [-0.25, -0.2) is 4.98 Å². The smallest absolute Gasteiger partial charge is 0.274 e. The van der Waals surface area contributed by atoms with E-state index in [1.54, 1.807) is 17.0 Å². The normalized spacial score (nSPS) is 11.8. The third-order valence-corrected chi connectivity index (χ3v) is 5.84. The van der Waals surface area contributed by atoms with Crippen LogP contribution in [-0.4, -0.2) is 51.9 Å². The van der Waals surface area contributed by atoms with Crippen molar-refractivity contribution in [3.63, 3.8) is 0 Å². The molecule has 7 heteroatoms. The number of carbonyl (C=O) groups is 1. The van der Waals surface area contributed by atoms with Crippen LogP contribution in [0.4, 0.5) is 0 Å². The third kappa shape index (κ3) is 5.04. The average molecular weight is 431 g/mol. The number of likely N-dealkylation sites (N-methyl/N-ethyl adjacent to an activating group) is 1. The molecular formula is C22H24Cl2N4O. The van der Waals surface area contributed by atoms with Gasteiger partial charge in [0, 0.05) is 18.6 Å². The van der Waals surface area contributed by atoms with Gasteiger partial charge in [0.1, 0.15) is 5.69 Å². The topological polar surface area (TPSA) is 49.3 Å². The fourth-order valence-corrected chi connectivity index (χ4v) is 3.21. The Bertz CT molecular complexity index is 1040. The second-order valence-corrected chi connectivity index (χ2v) is 8.67. The monoisotopic (exact) mass is 430 g/mol. The number of rotatable bonds is 6. The quantitative estimate of drug-likeness (QED) is 0.556. The molecule has 0 fully saturated rings. The van der Waals surface area contributed by atoms with Gasteiger partial charge in [-0.3, -0.25) is 9.78 Å². The molecule has 3 aromatic rings. The maximum absolute atomic E-state index is 13.4. The first-order valence-electron chi connectivity index (χ1n) is 9.30. The SMILES string of the molecule is CN(C)C(C)(C)CN(Cc1ccc(Cl)c(Cl)c1)C(=O)c1cnc2ccccc2n1. The number of halogens is 2. The van der Waals surface area contributed by atoms with Gasteiger partial charge in [0.15, 0.2) is 0 Å². The molecule has 0 atom stereocenters. The molecule has 0 radical (unpaired) electrons. The van der Waals surface area contributed by atoms with Crippen LogP contribution in [-0.2, 0) is 6.54 Å². The van der Waals surface area contributed by atoms with E-state index in [2.05, 4.69) is 28.7 Å². The summed E-state index contributed by atoms with van der Waals surface area (Å²) in [5.41, 5.74) is 2.43. The fourth-order valence-electron chi connectivity index (χ4n) is 2.89. The summed E-state index contributed by atoms with van der Waals surface area (Å²) in [6.45, 7) is 5.08. The number of aromatic nitrogens is 2. The van der Waals surface area contributed by atoms with Crippen LogP contribution in [0.3, 0.4) is 0 Å². The number of hydrogen-bond donors (Lipinski definition) is 0. The Kier molecular flexibility index (Phi) is 6.42. The van der Waals surface area contributed by atoms with Crippen LogP contribution in [0.2, 0.25) is 10.0 Å². The molecule has 1 aromatic heterocycles. The van der Waals surface area contributed by atoms with Crippen LogP contribution in [0.25, 0.3) is 11.0 Å². The lowest BCUT2D eigenvalue weighted by atomic mass is 10.0. The molecule has 29 heavy (non-hydrogen) atoms. The fraction of sp³-hybridized carbons (Fsp3) is 0.318. The number of para-hydroxylation sites is 2. The van der Waals surface area contributed by atoms with Crippen molar-refractivity contribution >= 4 is 40.1 Å². The minimum Gasteiger partial charge on any atom is -0.331 e. The van der Waals surface area contributed by atoms with Crippen LogP contribution in [0.5, 0.6) is 0 Å². The van der Waals surface area contributed by atoms with Gasteiger partial charge >= 0.3 is 0 Å². The largest absolute Gasteiger partial charge is 0.331 e. The zero-order valence-corrected chi connectivity index (χ0v) is 18.5. The lowest BCUT2D eigenvalue weighted by Gasteiger charge is -2.37. The van der Waals surface area contributed by atoms with Crippen LogP contribution in [0.1, 0.15) is 29.9 Å². The van der Waals surface area contributed by atoms with Gasteiger partial charge in [-0.2, -0.15) is 0 Å². The van der Waals surface area contributed by atoms with Gasteiger partial charge in [0.05, 0.1) is 27.3 Å². The molecule has 0 N–H and O–H groups in total. The molecule has 0 aliphatic heterocycles. The first-order valence-corrected chi connectivity index (χ1v) is 10.1. The number of amides is 1. The number of hydrogen-bond acceptors (Lipinski definition) is 4. The lowest BCUT2D eigenvalue weighted by molar-refractivity contribution is 0.0603. The van der Waals surface area contributed by atoms with Crippen molar-refractivity contribution in [1.82, 2.24) is 19.8 Å². The molecule has 152 valence electrons. The van der Waals surface area contributed by atoms with Crippen molar-refractivity contribution in [2.75, 3.05) is 20.6 Å². The molecule has 0 aliphatic rings. The standard InChI is InChI=1S/C22H24Cl2N4O/c1-22(2,27(3)4)14-28(13-15-9-10-16(23)17(24)11-15)21(29)20-12-25-18-7-5-6-8-19(18)26-20/h5-12H,13-14H2,1-4H3. The third-order valence-electron chi connectivity index (χ3n) is 5.10. The summed E-state index contributed by atoms with van der Waals surface area (Å²) >= 11 is 12.2. The van der Waals surface area contributed by atoms with Crippen LogP contribution in [0, 0.1) is 0 Å². The molecule has 0 aliphatic carbocycles. The van der Waals surface area contributed by atoms with E-state index < -0.39 is 0 Å². The lowest BCUT2D eigenvalue weighted by Crippen LogP contribution is -2.50. The van der Waals surface area contributed by atoms with E-state index in [0.717, 1.165) is 11.1 Å². The first kappa shape index (κ1) is 21.5. The summed E-state index contributed by atoms with van der Waals surface area (Å²) < 4.78 is 0. The summed E-state index contributed by atoms with van der Waals surface area (Å²) in [4.78, 5) is 26.2. The Hall–Kier alpha value is -2.21. The molecule has 0 spiro atoms. The molecule has 0 bridgehead atoms. The van der Waals surface area contributed by atoms with Gasteiger partial charge in [-0.05, 0) is 57.8 Å². The van der Waals surface area contributed by atoms with Crippen LogP contribution < -0.4 is 0 Å². The number of nitrogens with zero attached hydrogens (tertiary/aromatic N) is 4. The number of carbonyl (C=O) groups excluding carboxylic acids is 1. The Balaban J connectivity index is 1.95. The van der Waals surface area contributed by atoms with E-state index in [-0.39, 0.29) is 11.4 Å². The Morgan fingerprint density at radius 2 is 1.72 bits per heavy atom. The molecule has 0 unspecified atom stereocenters. The van der Waals surface area contributed by atoms with Crippen LogP contribution >= 0.6 is 23.2 Å². The van der Waals surface area contributed by atoms with E-state index in [0.29, 0.717) is 34.3 Å². The average Bonchev–Trinajstić information content (AvgIpc) is 2.69. The van der Waals surface area contributed by atoms with Crippen LogP contribution in [0.15, 0.2) is 48.7 Å². The van der Waals surface area contributed by atoms with Crippen molar-refractivity contribution in [3.05, 3.63) is 70.0 Å². The predicted octanol–water partition coefficient (Wildman–Crippen LogP) is 4.92. The highest BCUT2D eigenvalue weighted by Crippen LogP contribution is 2.24. The Morgan fingerprint density at radius 1 is 1.03 bits per heavy atom. The maximum Gasteiger partial charge on any atom is 0.274 e. The Morgan fingerprint density at radius 3 is 2.38 bits per heavy atom. The van der Waals surface area contributed by atoms with Gasteiger partial charge in [-0.15, -0.1) is 0 Å². The van der Waals surface area contributed by atoms with Crippen molar-refractivity contribution in [2.24, 2.45) is 0 Å². The number of fused-ring (bicyclic) bond motifs is 1. The highest BCUT2D eigenvalue weighted by atomic mass is 35.5. The van der Waals surface area contributed by atoms with Crippen molar-refractivity contribution in [3.8, 4) is 0 Å². The molecule has 1 amide bonds. The molecule has 3 rings (SSSR count). The summed E-state index contributed by atoms with van der Waals surface area (Å²) in [5, 5.41) is 0.955. The minimum absolute atomic E-state index is 0.177. The first-order chi connectivity index (χ1) is 13.7. The van der Waals surface area contributed by atoms with Gasteiger partial charge < -0.3 is 9.80 Å². The van der Waals surface area contributed by atoms with Crippen molar-refractivity contribution in [2.45, 2.75) is 25.9 Å². The molecule has 2 aromatic carbocycles. The summed E-state index contributed by atoms with van der Waals surface area (Å²) in [5.74, 6) is -0.177. The predicted molar refractivity (Wildman–Crippen MR) is 119 cm³/mol. The van der Waals surface area contributed by atoms with Crippen molar-refractivity contribution in [1.29, 1.82) is 0 Å². The summed E-state index contributed by atoms with van der Waals surface area (Å²) in [7, 11) is 4.00. The zero-order valence-electron chi connectivity index (χ0n) is 17.0. The molecule has 1 heterocycles. The van der Waals surface area contributed by atoms with E-state index >= 15 is 0 Å². The molecule has 0 saturated heterocycles. The summed E-state index contributed by atoms with van der Waals surface area (Å²) in [6.07, 6.45) is 1.54. The second kappa shape index (κ2) is 8.66. The molecule has 5 nitrogen and oxygen atoms in total. The maximum atomic E-state index is 13.4. The summed E-state index contributed by atoms with van der Waals surface area (Å²) in [6, 6.07) is 12.9.